The summed E-state index contributed by atoms with van der Waals surface area (Å²) < 4.78 is 5.68. The molecule has 0 radical (unpaired) electrons. The van der Waals surface area contributed by atoms with Crippen LogP contribution in [0.25, 0.3) is 0 Å². The first kappa shape index (κ1) is 10.3. The van der Waals surface area contributed by atoms with E-state index >= 15 is 0 Å². The zero-order valence-electron chi connectivity index (χ0n) is 9.83. The first-order chi connectivity index (χ1) is 7.70. The van der Waals surface area contributed by atoms with Crippen molar-refractivity contribution in [2.24, 2.45) is 5.73 Å². The van der Waals surface area contributed by atoms with Crippen molar-refractivity contribution in [1.29, 1.82) is 0 Å². The van der Waals surface area contributed by atoms with Crippen LogP contribution >= 0.6 is 0 Å². The van der Waals surface area contributed by atoms with Gasteiger partial charge in [-0.1, -0.05) is 24.3 Å². The van der Waals surface area contributed by atoms with Gasteiger partial charge < -0.3 is 10.5 Å². The lowest BCUT2D eigenvalue weighted by molar-refractivity contribution is 0.0755. The third kappa shape index (κ3) is 1.33. The molecular formula is C14H19NO. The molecular weight excluding hydrogens is 198 g/mol. The monoisotopic (exact) mass is 217 g/mol. The normalized spacial score (nSPS) is 24.9. The van der Waals surface area contributed by atoms with Crippen LogP contribution in [0.2, 0.25) is 0 Å². The third-order valence-corrected chi connectivity index (χ3v) is 4.29. The van der Waals surface area contributed by atoms with Crippen LogP contribution in [0.3, 0.4) is 0 Å². The number of hydrogen-bond acceptors (Lipinski definition) is 2. The van der Waals surface area contributed by atoms with E-state index in [1.165, 1.54) is 17.5 Å². The van der Waals surface area contributed by atoms with Crippen LogP contribution in [0.15, 0.2) is 24.3 Å². The second kappa shape index (κ2) is 3.31. The SMILES string of the molecule is COC1(c2ccccc2C2(N)CCC2)CC1. The Balaban J connectivity index is 2.05. The lowest BCUT2D eigenvalue weighted by atomic mass is 9.70. The van der Waals surface area contributed by atoms with Crippen LogP contribution in [0.5, 0.6) is 0 Å². The third-order valence-electron chi connectivity index (χ3n) is 4.29. The molecule has 0 aliphatic heterocycles. The Morgan fingerprint density at radius 1 is 1.06 bits per heavy atom. The average molecular weight is 217 g/mol. The van der Waals surface area contributed by atoms with Gasteiger partial charge in [0.25, 0.3) is 0 Å². The van der Waals surface area contributed by atoms with Crippen molar-refractivity contribution in [1.82, 2.24) is 0 Å². The summed E-state index contributed by atoms with van der Waals surface area (Å²) in [6.07, 6.45) is 5.76. The highest BCUT2D eigenvalue weighted by molar-refractivity contribution is 5.41. The molecule has 1 aromatic carbocycles. The van der Waals surface area contributed by atoms with Crippen molar-refractivity contribution < 1.29 is 4.74 Å². The van der Waals surface area contributed by atoms with Crippen molar-refractivity contribution in [3.8, 4) is 0 Å². The second-order valence-corrected chi connectivity index (χ2v) is 5.25. The van der Waals surface area contributed by atoms with E-state index < -0.39 is 0 Å². The van der Waals surface area contributed by atoms with Gasteiger partial charge in [0, 0.05) is 12.6 Å². The Morgan fingerprint density at radius 3 is 2.12 bits per heavy atom. The van der Waals surface area contributed by atoms with Gasteiger partial charge in [0.1, 0.15) is 0 Å². The molecule has 3 rings (SSSR count). The molecule has 0 heterocycles. The topological polar surface area (TPSA) is 35.2 Å². The molecule has 0 bridgehead atoms. The fourth-order valence-corrected chi connectivity index (χ4v) is 2.84. The molecule has 1 aromatic rings. The van der Waals surface area contributed by atoms with E-state index in [9.17, 15) is 0 Å². The summed E-state index contributed by atoms with van der Waals surface area (Å²) in [6.45, 7) is 0. The first-order valence-corrected chi connectivity index (χ1v) is 6.14. The number of hydrogen-bond donors (Lipinski definition) is 1. The molecule has 0 aromatic heterocycles. The molecule has 16 heavy (non-hydrogen) atoms. The zero-order chi connectivity index (χ0) is 11.2. The number of methoxy groups -OCH3 is 1. The number of rotatable bonds is 3. The lowest BCUT2D eigenvalue weighted by Crippen LogP contribution is -2.44. The molecule has 0 amide bonds. The summed E-state index contributed by atoms with van der Waals surface area (Å²) in [7, 11) is 1.81. The Labute approximate surface area is 96.8 Å². The van der Waals surface area contributed by atoms with Crippen LogP contribution in [0, 0.1) is 0 Å². The first-order valence-electron chi connectivity index (χ1n) is 6.14. The van der Waals surface area contributed by atoms with Gasteiger partial charge in [0.2, 0.25) is 0 Å². The molecule has 2 nitrogen and oxygen atoms in total. The van der Waals surface area contributed by atoms with Crippen LogP contribution in [-0.2, 0) is 15.9 Å². The minimum Gasteiger partial charge on any atom is -0.374 e. The van der Waals surface area contributed by atoms with E-state index in [2.05, 4.69) is 24.3 Å². The van der Waals surface area contributed by atoms with Gasteiger partial charge in [-0.25, -0.2) is 0 Å². The standard InChI is InChI=1S/C14H19NO/c1-16-14(9-10-14)12-6-3-2-5-11(12)13(15)7-4-8-13/h2-3,5-6H,4,7-10,15H2,1H3. The van der Waals surface area contributed by atoms with E-state index in [-0.39, 0.29) is 11.1 Å². The summed E-state index contributed by atoms with van der Waals surface area (Å²) >= 11 is 0. The highest BCUT2D eigenvalue weighted by atomic mass is 16.5. The maximum absolute atomic E-state index is 6.45. The average Bonchev–Trinajstić information content (AvgIpc) is 3.07. The molecule has 2 heteroatoms. The highest BCUT2D eigenvalue weighted by Crippen LogP contribution is 2.53. The van der Waals surface area contributed by atoms with E-state index in [0.717, 1.165) is 25.7 Å². The molecule has 2 aliphatic carbocycles. The quantitative estimate of drug-likeness (QED) is 0.844. The molecule has 2 fully saturated rings. The minimum atomic E-state index is -0.0787. The zero-order valence-corrected chi connectivity index (χ0v) is 9.83. The van der Waals surface area contributed by atoms with E-state index in [4.69, 9.17) is 10.5 Å². The fraction of sp³-hybridized carbons (Fsp3) is 0.571. The number of benzene rings is 1. The fourth-order valence-electron chi connectivity index (χ4n) is 2.84. The van der Waals surface area contributed by atoms with Crippen molar-refractivity contribution in [3.63, 3.8) is 0 Å². The summed E-state index contributed by atoms with van der Waals surface area (Å²) in [5.41, 5.74) is 9.01. The molecule has 0 unspecified atom stereocenters. The summed E-state index contributed by atoms with van der Waals surface area (Å²) in [4.78, 5) is 0. The van der Waals surface area contributed by atoms with Gasteiger partial charge in [-0.15, -0.1) is 0 Å². The minimum absolute atomic E-state index is 0.0153. The van der Waals surface area contributed by atoms with Gasteiger partial charge in [0.05, 0.1) is 5.60 Å². The number of nitrogens with two attached hydrogens (primary N) is 1. The van der Waals surface area contributed by atoms with Crippen molar-refractivity contribution in [2.45, 2.75) is 43.2 Å². The summed E-state index contributed by atoms with van der Waals surface area (Å²) in [5.74, 6) is 0. The van der Waals surface area contributed by atoms with Crippen LogP contribution in [0.4, 0.5) is 0 Å². The maximum Gasteiger partial charge on any atom is 0.0933 e. The van der Waals surface area contributed by atoms with Crippen LogP contribution in [-0.4, -0.2) is 7.11 Å². The second-order valence-electron chi connectivity index (χ2n) is 5.25. The molecule has 2 N–H and O–H groups in total. The molecule has 0 saturated heterocycles. The Morgan fingerprint density at radius 2 is 1.69 bits per heavy atom. The van der Waals surface area contributed by atoms with Crippen molar-refractivity contribution >= 4 is 0 Å². The van der Waals surface area contributed by atoms with Crippen molar-refractivity contribution in [3.05, 3.63) is 35.4 Å². The Kier molecular flexibility index (Phi) is 2.13. The Hall–Kier alpha value is -0.860. The predicted octanol–water partition coefficient (Wildman–Crippen LogP) is 2.66. The molecule has 0 spiro atoms. The summed E-state index contributed by atoms with van der Waals surface area (Å²) in [5, 5.41) is 0. The van der Waals surface area contributed by atoms with Gasteiger partial charge in [-0.3, -0.25) is 0 Å². The van der Waals surface area contributed by atoms with E-state index in [1.54, 1.807) is 0 Å². The molecule has 2 saturated carbocycles. The van der Waals surface area contributed by atoms with Gasteiger partial charge in [0.15, 0.2) is 0 Å². The van der Waals surface area contributed by atoms with Crippen molar-refractivity contribution in [2.75, 3.05) is 7.11 Å². The molecule has 86 valence electrons. The molecule has 0 atom stereocenters. The largest absolute Gasteiger partial charge is 0.374 e. The maximum atomic E-state index is 6.45. The van der Waals surface area contributed by atoms with Gasteiger partial charge >= 0.3 is 0 Å². The van der Waals surface area contributed by atoms with Crippen LogP contribution < -0.4 is 5.73 Å². The number of ether oxygens (including phenoxy) is 1. The smallest absolute Gasteiger partial charge is 0.0933 e. The van der Waals surface area contributed by atoms with Gasteiger partial charge in [-0.05, 0) is 43.2 Å². The Bertz CT molecular complexity index is 381. The van der Waals surface area contributed by atoms with Crippen LogP contribution in [0.1, 0.15) is 43.2 Å². The van der Waals surface area contributed by atoms with Gasteiger partial charge in [-0.2, -0.15) is 0 Å². The summed E-state index contributed by atoms with van der Waals surface area (Å²) in [6, 6.07) is 8.57. The van der Waals surface area contributed by atoms with E-state index in [1.807, 2.05) is 7.11 Å². The predicted molar refractivity (Wildman–Crippen MR) is 64.1 cm³/mol. The lowest BCUT2D eigenvalue weighted by Gasteiger charge is -2.41. The highest BCUT2D eigenvalue weighted by Gasteiger charge is 2.49. The van der Waals surface area contributed by atoms with E-state index in [0.29, 0.717) is 0 Å². The molecule has 2 aliphatic rings.